The Morgan fingerprint density at radius 3 is 1.00 bits per heavy atom. The third kappa shape index (κ3) is 8.22. The SMILES string of the molecule is CC(C)(C)c1ccc2c(-c3ccc(N(c4ccccc4)c4ccc5c(c4)c4ccccc4n5-c4ccccc4)cc3)c3ccccc3c(-c3ccc(N(c4ccccc4)c4ccc5c(c4)c4ccccc4n5-c4ccccc4)cc3)c2c1. The van der Waals surface area contributed by atoms with Gasteiger partial charge in [0.1, 0.15) is 0 Å². The molecule has 0 aliphatic heterocycles. The minimum atomic E-state index is -0.0617. The minimum absolute atomic E-state index is 0.0617. The Balaban J connectivity index is 0.853. The van der Waals surface area contributed by atoms with Crippen LogP contribution in [0.25, 0.3) is 98.8 Å². The van der Waals surface area contributed by atoms with Crippen molar-refractivity contribution in [1.29, 1.82) is 0 Å². The number of rotatable bonds is 10. The lowest BCUT2D eigenvalue weighted by Gasteiger charge is -2.27. The molecule has 13 aromatic carbocycles. The molecule has 0 saturated carbocycles. The first-order chi connectivity index (χ1) is 40.3. The fourth-order valence-electron chi connectivity index (χ4n) is 12.8. The summed E-state index contributed by atoms with van der Waals surface area (Å²) < 4.78 is 4.76. The van der Waals surface area contributed by atoms with E-state index in [2.05, 4.69) is 337 Å². The first-order valence-corrected chi connectivity index (χ1v) is 28.4. The second-order valence-electron chi connectivity index (χ2n) is 22.5. The van der Waals surface area contributed by atoms with Crippen LogP contribution in [0.5, 0.6) is 0 Å². The summed E-state index contributed by atoms with van der Waals surface area (Å²) in [5.74, 6) is 0. The Morgan fingerprint density at radius 2 is 0.573 bits per heavy atom. The van der Waals surface area contributed by atoms with Crippen LogP contribution in [0.3, 0.4) is 0 Å². The number of anilines is 6. The van der Waals surface area contributed by atoms with E-state index < -0.39 is 0 Å². The molecule has 82 heavy (non-hydrogen) atoms. The first-order valence-electron chi connectivity index (χ1n) is 28.4. The van der Waals surface area contributed by atoms with Crippen molar-refractivity contribution in [3.05, 3.63) is 303 Å². The Labute approximate surface area is 478 Å². The van der Waals surface area contributed by atoms with Gasteiger partial charge in [0.15, 0.2) is 0 Å². The summed E-state index contributed by atoms with van der Waals surface area (Å²) >= 11 is 0. The van der Waals surface area contributed by atoms with Gasteiger partial charge >= 0.3 is 0 Å². The summed E-state index contributed by atoms with van der Waals surface area (Å²) in [6.07, 6.45) is 0. The van der Waals surface area contributed by atoms with Crippen molar-refractivity contribution in [3.63, 3.8) is 0 Å². The van der Waals surface area contributed by atoms with Gasteiger partial charge in [-0.3, -0.25) is 0 Å². The highest BCUT2D eigenvalue weighted by atomic mass is 15.1. The number of hydrogen-bond donors (Lipinski definition) is 0. The normalized spacial score (nSPS) is 11.8. The van der Waals surface area contributed by atoms with Crippen molar-refractivity contribution >= 4 is 99.3 Å². The van der Waals surface area contributed by atoms with Gasteiger partial charge in [0, 0.05) is 67.0 Å². The second kappa shape index (κ2) is 19.7. The van der Waals surface area contributed by atoms with E-state index in [1.807, 2.05) is 0 Å². The van der Waals surface area contributed by atoms with Crippen LogP contribution >= 0.6 is 0 Å². The van der Waals surface area contributed by atoms with Gasteiger partial charge in [-0.15, -0.1) is 0 Å². The zero-order valence-electron chi connectivity index (χ0n) is 46.1. The zero-order valence-corrected chi connectivity index (χ0v) is 46.1. The Kier molecular flexibility index (Phi) is 11.7. The van der Waals surface area contributed by atoms with Crippen LogP contribution in [0.4, 0.5) is 34.1 Å². The Morgan fingerprint density at radius 1 is 0.244 bits per heavy atom. The van der Waals surface area contributed by atoms with E-state index in [0.717, 1.165) is 45.5 Å². The fraction of sp³-hybridized carbons (Fsp3) is 0.0513. The lowest BCUT2D eigenvalue weighted by Crippen LogP contribution is -2.11. The van der Waals surface area contributed by atoms with Crippen LogP contribution in [0.1, 0.15) is 26.3 Å². The molecule has 0 atom stereocenters. The average molecular weight is 1050 g/mol. The van der Waals surface area contributed by atoms with Crippen LogP contribution in [0.2, 0.25) is 0 Å². The summed E-state index contributed by atoms with van der Waals surface area (Å²) in [5.41, 5.74) is 19.7. The van der Waals surface area contributed by atoms with E-state index in [1.54, 1.807) is 0 Å². The monoisotopic (exact) mass is 1050 g/mol. The van der Waals surface area contributed by atoms with Gasteiger partial charge < -0.3 is 18.9 Å². The van der Waals surface area contributed by atoms with Crippen molar-refractivity contribution < 1.29 is 0 Å². The van der Waals surface area contributed by atoms with Gasteiger partial charge in [-0.2, -0.15) is 0 Å². The highest BCUT2D eigenvalue weighted by molar-refractivity contribution is 6.22. The van der Waals surface area contributed by atoms with Crippen molar-refractivity contribution in [2.75, 3.05) is 9.80 Å². The molecule has 0 spiro atoms. The first kappa shape index (κ1) is 48.7. The molecule has 0 N–H and O–H groups in total. The second-order valence-corrected chi connectivity index (χ2v) is 22.5. The summed E-state index contributed by atoms with van der Waals surface area (Å²) in [4.78, 5) is 4.78. The number of benzene rings is 13. The molecule has 0 fully saturated rings. The molecular weight excluding hydrogens is 993 g/mol. The summed E-state index contributed by atoms with van der Waals surface area (Å²) in [6.45, 7) is 6.95. The van der Waals surface area contributed by atoms with Crippen molar-refractivity contribution in [2.45, 2.75) is 26.2 Å². The van der Waals surface area contributed by atoms with Crippen LogP contribution in [-0.2, 0) is 5.41 Å². The molecule has 0 aliphatic rings. The number of nitrogens with zero attached hydrogens (tertiary/aromatic N) is 4. The van der Waals surface area contributed by atoms with E-state index >= 15 is 0 Å². The lowest BCUT2D eigenvalue weighted by molar-refractivity contribution is 0.591. The van der Waals surface area contributed by atoms with Gasteiger partial charge in [-0.1, -0.05) is 191 Å². The smallest absolute Gasteiger partial charge is 0.0542 e. The Bertz CT molecular complexity index is 4860. The quantitative estimate of drug-likeness (QED) is 0.127. The van der Waals surface area contributed by atoms with Gasteiger partial charge in [-0.05, 0) is 182 Å². The maximum atomic E-state index is 2.46. The van der Waals surface area contributed by atoms with Gasteiger partial charge in [0.2, 0.25) is 0 Å². The zero-order chi connectivity index (χ0) is 54.9. The molecular formula is C78H58N4. The highest BCUT2D eigenvalue weighted by Gasteiger charge is 2.24. The number of fused-ring (bicyclic) bond motifs is 8. The maximum Gasteiger partial charge on any atom is 0.0542 e. The number of hydrogen-bond acceptors (Lipinski definition) is 2. The van der Waals surface area contributed by atoms with Crippen molar-refractivity contribution in [3.8, 4) is 33.6 Å². The van der Waals surface area contributed by atoms with Crippen LogP contribution in [-0.4, -0.2) is 9.13 Å². The van der Waals surface area contributed by atoms with E-state index in [4.69, 9.17) is 0 Å². The standard InChI is InChI=1S/C78H58N4/c1-78(2,3)55-40-47-68-71(50-55)77(54-38-43-61(44-39-54)80(57-24-10-5-11-25-57)63-46-49-75-70(52-63)65-31-19-21-35-73(65)82(75)59-28-14-7-15-29-59)67-33-17-16-32-66(67)76(68)53-36-41-60(42-37-53)79(56-22-8-4-9-23-56)62-45-48-74-69(51-62)64-30-18-20-34-72(64)81(74)58-26-12-6-13-27-58/h4-52H,1-3H3. The number of para-hydroxylation sites is 6. The molecule has 2 aromatic heterocycles. The lowest BCUT2D eigenvalue weighted by atomic mass is 9.81. The maximum absolute atomic E-state index is 2.46. The van der Waals surface area contributed by atoms with Crippen molar-refractivity contribution in [1.82, 2.24) is 9.13 Å². The van der Waals surface area contributed by atoms with Crippen LogP contribution in [0.15, 0.2) is 297 Å². The number of aromatic nitrogens is 2. The molecule has 0 aliphatic carbocycles. The molecule has 0 amide bonds. The average Bonchev–Trinajstić information content (AvgIpc) is 2.61. The topological polar surface area (TPSA) is 16.3 Å². The van der Waals surface area contributed by atoms with E-state index in [-0.39, 0.29) is 5.41 Å². The van der Waals surface area contributed by atoms with Crippen molar-refractivity contribution in [2.24, 2.45) is 0 Å². The van der Waals surface area contributed by atoms with Crippen LogP contribution in [0, 0.1) is 0 Å². The van der Waals surface area contributed by atoms with Gasteiger partial charge in [0.05, 0.1) is 22.1 Å². The fourth-order valence-corrected chi connectivity index (χ4v) is 12.8. The Hall–Kier alpha value is -10.4. The molecule has 0 radical (unpaired) electrons. The van der Waals surface area contributed by atoms with E-state index in [0.29, 0.717) is 0 Å². The summed E-state index contributed by atoms with van der Waals surface area (Å²) in [6, 6.07) is 109. The largest absolute Gasteiger partial charge is 0.310 e. The predicted octanol–water partition coefficient (Wildman–Crippen LogP) is 21.8. The molecule has 15 rings (SSSR count). The van der Waals surface area contributed by atoms with Crippen LogP contribution < -0.4 is 9.80 Å². The van der Waals surface area contributed by atoms with Gasteiger partial charge in [-0.25, -0.2) is 0 Å². The summed E-state index contributed by atoms with van der Waals surface area (Å²) in [5, 5.41) is 9.80. The molecule has 4 nitrogen and oxygen atoms in total. The van der Waals surface area contributed by atoms with Gasteiger partial charge in [0.25, 0.3) is 0 Å². The highest BCUT2D eigenvalue weighted by Crippen LogP contribution is 2.48. The molecule has 390 valence electrons. The minimum Gasteiger partial charge on any atom is -0.310 e. The predicted molar refractivity (Wildman–Crippen MR) is 349 cm³/mol. The molecule has 15 aromatic rings. The molecule has 2 heterocycles. The summed E-state index contributed by atoms with van der Waals surface area (Å²) in [7, 11) is 0. The van der Waals surface area contributed by atoms with E-state index in [9.17, 15) is 0 Å². The molecule has 0 saturated heterocycles. The molecule has 0 bridgehead atoms. The molecule has 4 heteroatoms. The third-order valence-corrected chi connectivity index (χ3v) is 16.6. The molecule has 0 unspecified atom stereocenters. The third-order valence-electron chi connectivity index (χ3n) is 16.6. The van der Waals surface area contributed by atoms with E-state index in [1.165, 1.54) is 93.0 Å².